The lowest BCUT2D eigenvalue weighted by Crippen LogP contribution is -2.48. The number of methoxy groups -OCH3 is 1. The van der Waals surface area contributed by atoms with Crippen molar-refractivity contribution in [2.45, 2.75) is 31.3 Å². The average molecular weight is 523 g/mol. The van der Waals surface area contributed by atoms with Crippen LogP contribution in [0.15, 0.2) is 23.2 Å². The maximum Gasteiger partial charge on any atom is 0.191 e. The number of para-hydroxylation sites is 1. The molecule has 2 N–H and O–H groups in total. The summed E-state index contributed by atoms with van der Waals surface area (Å²) in [6.45, 7) is 4.77. The number of guanidine groups is 1. The largest absolute Gasteiger partial charge is 0.383 e. The molecule has 2 saturated heterocycles. The van der Waals surface area contributed by atoms with Crippen molar-refractivity contribution in [3.8, 4) is 0 Å². The van der Waals surface area contributed by atoms with Gasteiger partial charge < -0.3 is 20.3 Å². The molecule has 0 amide bonds. The van der Waals surface area contributed by atoms with Crippen molar-refractivity contribution in [1.29, 1.82) is 0 Å². The van der Waals surface area contributed by atoms with Crippen LogP contribution >= 0.6 is 24.0 Å². The molecule has 2 fully saturated rings. The van der Waals surface area contributed by atoms with Crippen LogP contribution in [-0.2, 0) is 4.74 Å². The second-order valence-electron chi connectivity index (χ2n) is 7.42. The van der Waals surface area contributed by atoms with Gasteiger partial charge in [0.2, 0.25) is 0 Å². The minimum absolute atomic E-state index is 0. The topological polar surface area (TPSA) is 52.1 Å². The van der Waals surface area contributed by atoms with Crippen molar-refractivity contribution in [2.75, 3.05) is 58.4 Å². The quantitative estimate of drug-likeness (QED) is 0.327. The number of benzene rings is 1. The third kappa shape index (κ3) is 6.39. The molecular weight excluding hydrogens is 491 g/mol. The van der Waals surface area contributed by atoms with Crippen LogP contribution < -0.4 is 15.5 Å². The number of nitrogens with zero attached hydrogens (tertiary/aromatic N) is 3. The van der Waals surface area contributed by atoms with Crippen molar-refractivity contribution in [1.82, 2.24) is 15.5 Å². The first kappa shape index (κ1) is 24.1. The minimum Gasteiger partial charge on any atom is -0.383 e. The molecule has 0 aromatic heterocycles. The summed E-state index contributed by atoms with van der Waals surface area (Å²) < 4.78 is 33.2. The van der Waals surface area contributed by atoms with Gasteiger partial charge in [0, 0.05) is 52.4 Å². The third-order valence-electron chi connectivity index (χ3n) is 5.59. The molecule has 0 saturated carbocycles. The molecule has 3 rings (SSSR count). The number of ether oxygens (including phenoxy) is 1. The lowest BCUT2D eigenvalue weighted by atomic mass is 10.2. The van der Waals surface area contributed by atoms with Gasteiger partial charge in [0.1, 0.15) is 17.3 Å². The molecule has 164 valence electrons. The van der Waals surface area contributed by atoms with Crippen LogP contribution in [0.2, 0.25) is 0 Å². The molecule has 0 aliphatic carbocycles. The van der Waals surface area contributed by atoms with Gasteiger partial charge in [-0.15, -0.1) is 24.0 Å². The maximum atomic E-state index is 14.0. The Hall–Kier alpha value is -1.20. The molecule has 2 heterocycles. The molecule has 2 atom stereocenters. The van der Waals surface area contributed by atoms with Crippen LogP contribution in [0.5, 0.6) is 0 Å². The Kier molecular flexibility index (Phi) is 9.84. The van der Waals surface area contributed by atoms with Gasteiger partial charge in [-0.1, -0.05) is 6.07 Å². The van der Waals surface area contributed by atoms with Crippen molar-refractivity contribution in [3.63, 3.8) is 0 Å². The molecule has 1 aromatic carbocycles. The number of hydrogen-bond donors (Lipinski definition) is 2. The monoisotopic (exact) mass is 523 g/mol. The Labute approximate surface area is 189 Å². The van der Waals surface area contributed by atoms with E-state index in [1.165, 1.54) is 24.6 Å². The first-order valence-electron chi connectivity index (χ1n) is 10.0. The summed E-state index contributed by atoms with van der Waals surface area (Å²) in [5.41, 5.74) is 0.0643. The molecule has 1 aromatic rings. The van der Waals surface area contributed by atoms with E-state index in [0.717, 1.165) is 45.0 Å². The van der Waals surface area contributed by atoms with Crippen LogP contribution in [-0.4, -0.2) is 76.4 Å². The summed E-state index contributed by atoms with van der Waals surface area (Å²) in [7, 11) is 3.48. The number of rotatable bonds is 7. The van der Waals surface area contributed by atoms with E-state index in [1.54, 1.807) is 19.1 Å². The number of halogens is 3. The molecule has 0 spiro atoms. The molecule has 0 bridgehead atoms. The van der Waals surface area contributed by atoms with E-state index < -0.39 is 11.6 Å². The smallest absolute Gasteiger partial charge is 0.191 e. The highest BCUT2D eigenvalue weighted by molar-refractivity contribution is 14.0. The molecule has 29 heavy (non-hydrogen) atoms. The van der Waals surface area contributed by atoms with Gasteiger partial charge in [0.15, 0.2) is 5.96 Å². The normalized spacial score (nSPS) is 22.6. The summed E-state index contributed by atoms with van der Waals surface area (Å²) in [6, 6.07) is 4.57. The zero-order chi connectivity index (χ0) is 19.9. The number of likely N-dealkylation sites (tertiary alicyclic amines) is 1. The third-order valence-corrected chi connectivity index (χ3v) is 5.59. The Morgan fingerprint density at radius 2 is 2.00 bits per heavy atom. The van der Waals surface area contributed by atoms with Gasteiger partial charge in [-0.3, -0.25) is 9.89 Å². The second-order valence-corrected chi connectivity index (χ2v) is 7.42. The predicted octanol–water partition coefficient (Wildman–Crippen LogP) is 2.44. The van der Waals surface area contributed by atoms with Gasteiger partial charge in [-0.05, 0) is 37.9 Å². The zero-order valence-corrected chi connectivity index (χ0v) is 19.5. The number of aliphatic imine (C=N–C) groups is 1. The molecule has 6 nitrogen and oxygen atoms in total. The standard InChI is InChI=1S/C20H31F2N5O.HI/c1-23-20(24-13-16-5-4-9-26(16)11-12-28-2)25-15-8-10-27(14-15)19-17(21)6-3-7-18(19)22;/h3,6-7,15-16H,4-5,8-14H2,1-2H3,(H2,23,24,25);1H. The van der Waals surface area contributed by atoms with E-state index in [-0.39, 0.29) is 35.7 Å². The highest BCUT2D eigenvalue weighted by atomic mass is 127. The molecule has 0 radical (unpaired) electrons. The Balaban J connectivity index is 0.00000300. The lowest BCUT2D eigenvalue weighted by Gasteiger charge is -2.26. The van der Waals surface area contributed by atoms with Crippen molar-refractivity contribution in [2.24, 2.45) is 4.99 Å². The second kappa shape index (κ2) is 11.8. The predicted molar refractivity (Wildman–Crippen MR) is 123 cm³/mol. The number of anilines is 1. The zero-order valence-electron chi connectivity index (χ0n) is 17.2. The fourth-order valence-electron chi connectivity index (χ4n) is 4.10. The summed E-state index contributed by atoms with van der Waals surface area (Å²) in [5.74, 6) is -0.291. The molecule has 2 aliphatic rings. The van der Waals surface area contributed by atoms with Crippen molar-refractivity contribution in [3.05, 3.63) is 29.8 Å². The molecule has 9 heteroatoms. The summed E-state index contributed by atoms with van der Waals surface area (Å²) in [5, 5.41) is 6.81. The summed E-state index contributed by atoms with van der Waals surface area (Å²) >= 11 is 0. The highest BCUT2D eigenvalue weighted by Gasteiger charge is 2.28. The van der Waals surface area contributed by atoms with Gasteiger partial charge in [0.25, 0.3) is 0 Å². The maximum absolute atomic E-state index is 14.0. The fraction of sp³-hybridized carbons (Fsp3) is 0.650. The molecular formula is C20H32F2IN5O. The van der Waals surface area contributed by atoms with E-state index in [1.807, 2.05) is 0 Å². The Bertz CT molecular complexity index is 658. The van der Waals surface area contributed by atoms with Crippen LogP contribution in [0.4, 0.5) is 14.5 Å². The van der Waals surface area contributed by atoms with E-state index >= 15 is 0 Å². The van der Waals surface area contributed by atoms with E-state index in [0.29, 0.717) is 19.1 Å². The van der Waals surface area contributed by atoms with Crippen LogP contribution in [0.3, 0.4) is 0 Å². The van der Waals surface area contributed by atoms with Gasteiger partial charge in [-0.2, -0.15) is 0 Å². The average Bonchev–Trinajstić information content (AvgIpc) is 3.32. The fourth-order valence-corrected chi connectivity index (χ4v) is 4.10. The van der Waals surface area contributed by atoms with Crippen molar-refractivity contribution < 1.29 is 13.5 Å². The van der Waals surface area contributed by atoms with Gasteiger partial charge >= 0.3 is 0 Å². The van der Waals surface area contributed by atoms with Gasteiger partial charge in [0.05, 0.1) is 6.61 Å². The number of nitrogens with one attached hydrogen (secondary N) is 2. The molecule has 2 unspecified atom stereocenters. The summed E-state index contributed by atoms with van der Waals surface area (Å²) in [6.07, 6.45) is 3.17. The van der Waals surface area contributed by atoms with E-state index in [4.69, 9.17) is 4.74 Å². The molecule has 2 aliphatic heterocycles. The number of hydrogen-bond acceptors (Lipinski definition) is 4. The van der Waals surface area contributed by atoms with Crippen LogP contribution in [0.25, 0.3) is 0 Å². The Morgan fingerprint density at radius 3 is 2.69 bits per heavy atom. The van der Waals surface area contributed by atoms with Crippen molar-refractivity contribution >= 4 is 35.6 Å². The van der Waals surface area contributed by atoms with Crippen LogP contribution in [0.1, 0.15) is 19.3 Å². The highest BCUT2D eigenvalue weighted by Crippen LogP contribution is 2.26. The van der Waals surface area contributed by atoms with Crippen LogP contribution in [0, 0.1) is 11.6 Å². The first-order chi connectivity index (χ1) is 13.6. The minimum atomic E-state index is -0.513. The van der Waals surface area contributed by atoms with E-state index in [9.17, 15) is 8.78 Å². The first-order valence-corrected chi connectivity index (χ1v) is 10.0. The summed E-state index contributed by atoms with van der Waals surface area (Å²) in [4.78, 5) is 8.53. The Morgan fingerprint density at radius 1 is 1.24 bits per heavy atom. The lowest BCUT2D eigenvalue weighted by molar-refractivity contribution is 0.141. The van der Waals surface area contributed by atoms with E-state index in [2.05, 4.69) is 20.5 Å². The van der Waals surface area contributed by atoms with Gasteiger partial charge in [-0.25, -0.2) is 8.78 Å². The SMILES string of the molecule is CN=C(NCC1CCCN1CCOC)NC1CCN(c2c(F)cccc2F)C1.I.